The lowest BCUT2D eigenvalue weighted by molar-refractivity contribution is 0.0520. The lowest BCUT2D eigenvalue weighted by Crippen LogP contribution is -2.04. The van der Waals surface area contributed by atoms with Crippen LogP contribution in [0.1, 0.15) is 24.3 Å². The van der Waals surface area contributed by atoms with E-state index < -0.39 is 5.97 Å². The minimum Gasteiger partial charge on any atom is -0.493 e. The van der Waals surface area contributed by atoms with Gasteiger partial charge in [-0.1, -0.05) is 0 Å². The van der Waals surface area contributed by atoms with Crippen molar-refractivity contribution in [2.45, 2.75) is 13.8 Å². The molecule has 1 aromatic carbocycles. The largest absolute Gasteiger partial charge is 0.493 e. The maximum Gasteiger partial charge on any atom is 0.358 e. The van der Waals surface area contributed by atoms with Crippen LogP contribution in [0.15, 0.2) is 30.5 Å². The zero-order chi connectivity index (χ0) is 15.7. The fourth-order valence-corrected chi connectivity index (χ4v) is 2.38. The molecule has 2 heterocycles. The van der Waals surface area contributed by atoms with Crippen LogP contribution < -0.4 is 4.74 Å². The summed E-state index contributed by atoms with van der Waals surface area (Å²) in [4.78, 5) is 16.1. The second-order valence-corrected chi connectivity index (χ2v) is 4.68. The number of hydrogen-bond acceptors (Lipinski definition) is 4. The highest BCUT2D eigenvalue weighted by molar-refractivity contribution is 5.92. The topological polar surface area (TPSA) is 52.8 Å². The number of imidazole rings is 1. The Balaban J connectivity index is 2.26. The minimum atomic E-state index is -0.487. The van der Waals surface area contributed by atoms with Crippen LogP contribution in [0.4, 0.5) is 4.39 Å². The van der Waals surface area contributed by atoms with Gasteiger partial charge in [0.1, 0.15) is 17.2 Å². The maximum absolute atomic E-state index is 13.5. The van der Waals surface area contributed by atoms with Gasteiger partial charge in [0.2, 0.25) is 0 Å². The molecule has 0 radical (unpaired) electrons. The van der Waals surface area contributed by atoms with Gasteiger partial charge in [-0.25, -0.2) is 14.2 Å². The summed E-state index contributed by atoms with van der Waals surface area (Å²) in [7, 11) is 0. The highest BCUT2D eigenvalue weighted by Gasteiger charge is 2.15. The number of carbonyl (C=O) groups is 1. The average molecular weight is 302 g/mol. The molecule has 5 nitrogen and oxygen atoms in total. The van der Waals surface area contributed by atoms with E-state index in [0.29, 0.717) is 28.9 Å². The SMILES string of the molecule is CCOC(=O)c1cn2c(cc(OCC)c3cc(F)ccc32)n1. The molecule has 0 unspecified atom stereocenters. The van der Waals surface area contributed by atoms with Gasteiger partial charge >= 0.3 is 5.97 Å². The van der Waals surface area contributed by atoms with Gasteiger partial charge < -0.3 is 9.47 Å². The van der Waals surface area contributed by atoms with Crippen LogP contribution in [-0.2, 0) is 4.74 Å². The summed E-state index contributed by atoms with van der Waals surface area (Å²) < 4.78 is 25.8. The van der Waals surface area contributed by atoms with Crippen molar-refractivity contribution < 1.29 is 18.7 Å². The van der Waals surface area contributed by atoms with Gasteiger partial charge in [-0.3, -0.25) is 4.40 Å². The molecule has 3 aromatic rings. The third-order valence-electron chi connectivity index (χ3n) is 3.26. The molecule has 0 fully saturated rings. The van der Waals surface area contributed by atoms with Crippen LogP contribution in [0.2, 0.25) is 0 Å². The van der Waals surface area contributed by atoms with Crippen molar-refractivity contribution in [3.8, 4) is 5.75 Å². The van der Waals surface area contributed by atoms with Crippen molar-refractivity contribution >= 4 is 22.5 Å². The average Bonchev–Trinajstić information content (AvgIpc) is 2.92. The van der Waals surface area contributed by atoms with Gasteiger partial charge in [-0.05, 0) is 32.0 Å². The van der Waals surface area contributed by atoms with Crippen LogP contribution in [0.5, 0.6) is 5.75 Å². The number of nitrogens with zero attached hydrogens (tertiary/aromatic N) is 2. The van der Waals surface area contributed by atoms with Gasteiger partial charge in [-0.2, -0.15) is 0 Å². The smallest absolute Gasteiger partial charge is 0.358 e. The minimum absolute atomic E-state index is 0.209. The van der Waals surface area contributed by atoms with E-state index in [0.717, 1.165) is 0 Å². The molecule has 0 saturated heterocycles. The highest BCUT2D eigenvalue weighted by atomic mass is 19.1. The Kier molecular flexibility index (Phi) is 3.66. The maximum atomic E-state index is 13.5. The van der Waals surface area contributed by atoms with Crippen LogP contribution in [0, 0.1) is 5.82 Å². The van der Waals surface area contributed by atoms with Crippen molar-refractivity contribution in [1.82, 2.24) is 9.38 Å². The van der Waals surface area contributed by atoms with Crippen LogP contribution in [0.3, 0.4) is 0 Å². The molecule has 0 aliphatic heterocycles. The highest BCUT2D eigenvalue weighted by Crippen LogP contribution is 2.29. The molecule has 0 amide bonds. The number of carbonyl (C=O) groups excluding carboxylic acids is 1. The van der Waals surface area contributed by atoms with Crippen LogP contribution in [-0.4, -0.2) is 28.6 Å². The van der Waals surface area contributed by atoms with Crippen molar-refractivity contribution in [1.29, 1.82) is 0 Å². The standard InChI is InChI=1S/C16H15FN2O3/c1-3-21-14-8-15-18-12(16(20)22-4-2)9-19(15)13-6-5-10(17)7-11(13)14/h5-9H,3-4H2,1-2H3. The third kappa shape index (κ3) is 2.36. The number of fused-ring (bicyclic) bond motifs is 3. The Bertz CT molecular complexity index is 857. The van der Waals surface area contributed by atoms with E-state index in [2.05, 4.69) is 4.98 Å². The summed E-state index contributed by atoms with van der Waals surface area (Å²) >= 11 is 0. The molecular weight excluding hydrogens is 287 g/mol. The fourth-order valence-electron chi connectivity index (χ4n) is 2.38. The summed E-state index contributed by atoms with van der Waals surface area (Å²) in [6.07, 6.45) is 1.59. The first-order valence-electron chi connectivity index (χ1n) is 7.05. The first-order valence-corrected chi connectivity index (χ1v) is 7.05. The first kappa shape index (κ1) is 14.3. The zero-order valence-corrected chi connectivity index (χ0v) is 12.3. The first-order chi connectivity index (χ1) is 10.6. The number of aromatic nitrogens is 2. The van der Waals surface area contributed by atoms with Crippen LogP contribution in [0.25, 0.3) is 16.6 Å². The quantitative estimate of drug-likeness (QED) is 0.694. The Labute approximate surface area is 126 Å². The van der Waals surface area contributed by atoms with E-state index in [9.17, 15) is 9.18 Å². The van der Waals surface area contributed by atoms with E-state index in [1.54, 1.807) is 29.7 Å². The number of halogens is 1. The summed E-state index contributed by atoms with van der Waals surface area (Å²) in [5, 5.41) is 0.627. The summed E-state index contributed by atoms with van der Waals surface area (Å²) in [5.41, 5.74) is 1.47. The molecule has 0 spiro atoms. The van der Waals surface area contributed by atoms with Crippen LogP contribution >= 0.6 is 0 Å². The molecule has 6 heteroatoms. The predicted octanol–water partition coefficient (Wildman–Crippen LogP) is 3.20. The molecule has 22 heavy (non-hydrogen) atoms. The van der Waals surface area contributed by atoms with E-state index >= 15 is 0 Å². The number of esters is 1. The number of rotatable bonds is 4. The number of hydrogen-bond donors (Lipinski definition) is 0. The van der Waals surface area contributed by atoms with E-state index in [1.807, 2.05) is 6.92 Å². The van der Waals surface area contributed by atoms with E-state index in [4.69, 9.17) is 9.47 Å². The van der Waals surface area contributed by atoms with Gasteiger partial charge in [0.25, 0.3) is 0 Å². The molecule has 3 rings (SSSR count). The number of pyridine rings is 1. The Morgan fingerprint density at radius 3 is 2.82 bits per heavy atom. The molecule has 0 aliphatic rings. The normalized spacial score (nSPS) is 11.0. The lowest BCUT2D eigenvalue weighted by Gasteiger charge is -2.09. The fraction of sp³-hybridized carbons (Fsp3) is 0.250. The van der Waals surface area contributed by atoms with Gasteiger partial charge in [0.15, 0.2) is 5.69 Å². The van der Waals surface area contributed by atoms with Crippen molar-refractivity contribution in [2.75, 3.05) is 13.2 Å². The summed E-state index contributed by atoms with van der Waals surface area (Å²) in [5.74, 6) is -0.302. The second-order valence-electron chi connectivity index (χ2n) is 4.68. The number of ether oxygens (including phenoxy) is 2. The van der Waals surface area contributed by atoms with Crippen molar-refractivity contribution in [3.05, 3.63) is 42.0 Å². The zero-order valence-electron chi connectivity index (χ0n) is 12.3. The third-order valence-corrected chi connectivity index (χ3v) is 3.26. The van der Waals surface area contributed by atoms with Gasteiger partial charge in [0, 0.05) is 17.6 Å². The molecule has 0 aliphatic carbocycles. The molecule has 0 bridgehead atoms. The lowest BCUT2D eigenvalue weighted by atomic mass is 10.2. The predicted molar refractivity (Wildman–Crippen MR) is 79.8 cm³/mol. The van der Waals surface area contributed by atoms with E-state index in [-0.39, 0.29) is 18.1 Å². The Hall–Kier alpha value is -2.63. The Morgan fingerprint density at radius 1 is 1.27 bits per heavy atom. The van der Waals surface area contributed by atoms with Crippen molar-refractivity contribution in [2.24, 2.45) is 0 Å². The molecule has 0 N–H and O–H groups in total. The van der Waals surface area contributed by atoms with Gasteiger partial charge in [-0.15, -0.1) is 0 Å². The second kappa shape index (κ2) is 5.63. The molecule has 2 aromatic heterocycles. The molecule has 114 valence electrons. The molecule has 0 atom stereocenters. The number of benzene rings is 1. The molecular formula is C16H15FN2O3. The monoisotopic (exact) mass is 302 g/mol. The van der Waals surface area contributed by atoms with Gasteiger partial charge in [0.05, 0.1) is 18.7 Å². The van der Waals surface area contributed by atoms with E-state index in [1.165, 1.54) is 12.1 Å². The Morgan fingerprint density at radius 2 is 2.09 bits per heavy atom. The summed E-state index contributed by atoms with van der Waals surface area (Å²) in [6, 6.07) is 6.09. The summed E-state index contributed by atoms with van der Waals surface area (Å²) in [6.45, 7) is 4.32. The molecule has 0 saturated carbocycles. The van der Waals surface area contributed by atoms with Crippen molar-refractivity contribution in [3.63, 3.8) is 0 Å².